The maximum absolute atomic E-state index is 12.5. The predicted molar refractivity (Wildman–Crippen MR) is 105 cm³/mol. The van der Waals surface area contributed by atoms with E-state index in [0.717, 1.165) is 0 Å². The van der Waals surface area contributed by atoms with Crippen molar-refractivity contribution in [1.82, 2.24) is 15.8 Å². The van der Waals surface area contributed by atoms with Gasteiger partial charge in [-0.25, -0.2) is 4.79 Å². The van der Waals surface area contributed by atoms with Crippen LogP contribution in [0.2, 0.25) is 0 Å². The van der Waals surface area contributed by atoms with Crippen LogP contribution >= 0.6 is 0 Å². The van der Waals surface area contributed by atoms with Gasteiger partial charge in [-0.2, -0.15) is 0 Å². The van der Waals surface area contributed by atoms with Gasteiger partial charge < -0.3 is 19.2 Å². The molecule has 0 aliphatic carbocycles. The fourth-order valence-electron chi connectivity index (χ4n) is 2.82. The molecule has 3 N–H and O–H groups in total. The summed E-state index contributed by atoms with van der Waals surface area (Å²) in [5.41, 5.74) is 6.36. The van der Waals surface area contributed by atoms with E-state index in [1.165, 1.54) is 13.2 Å². The van der Waals surface area contributed by atoms with Gasteiger partial charge in [0.15, 0.2) is 11.5 Å². The van der Waals surface area contributed by atoms with E-state index < -0.39 is 17.8 Å². The molecule has 0 unspecified atom stereocenters. The van der Waals surface area contributed by atoms with Crippen molar-refractivity contribution in [3.63, 3.8) is 0 Å². The second-order valence-electron chi connectivity index (χ2n) is 6.05. The molecule has 0 aliphatic rings. The zero-order valence-electron chi connectivity index (χ0n) is 17.1. The average molecular weight is 403 g/mol. The van der Waals surface area contributed by atoms with Gasteiger partial charge >= 0.3 is 5.97 Å². The summed E-state index contributed by atoms with van der Waals surface area (Å²) in [6.45, 7) is 7.53. The monoisotopic (exact) mass is 403 g/mol. The third kappa shape index (κ3) is 4.87. The number of rotatable bonds is 7. The number of hydrogen-bond donors (Lipinski definition) is 3. The predicted octanol–water partition coefficient (Wildman–Crippen LogP) is 2.29. The van der Waals surface area contributed by atoms with Crippen molar-refractivity contribution in [2.24, 2.45) is 0 Å². The third-order valence-electron chi connectivity index (χ3n) is 4.16. The highest BCUT2D eigenvalue weighted by Crippen LogP contribution is 2.28. The first-order valence-electron chi connectivity index (χ1n) is 9.11. The van der Waals surface area contributed by atoms with Crippen LogP contribution in [0.1, 0.15) is 56.3 Å². The molecular weight excluding hydrogens is 378 g/mol. The Balaban J connectivity index is 2.10. The normalized spacial score (nSPS) is 10.2. The van der Waals surface area contributed by atoms with E-state index in [1.807, 2.05) is 6.92 Å². The minimum atomic E-state index is -0.590. The maximum Gasteiger partial charge on any atom is 0.340 e. The highest BCUT2D eigenvalue weighted by molar-refractivity contribution is 6.02. The number of hydrazine groups is 1. The number of aryl methyl sites for hydroxylation is 1. The third-order valence-corrected chi connectivity index (χ3v) is 4.16. The standard InChI is InChI=1S/C20H25N3O6/c1-6-28-14-9-8-13(10-15(14)27-5)18(24)22-23-19(25)17-11(3)16(12(4)21-17)20(26)29-7-2/h8-10,21H,6-7H2,1-5H3,(H,22,24)(H,23,25). The van der Waals surface area contributed by atoms with Crippen molar-refractivity contribution in [1.29, 1.82) is 0 Å². The molecule has 0 bridgehead atoms. The summed E-state index contributed by atoms with van der Waals surface area (Å²) in [6.07, 6.45) is 0. The van der Waals surface area contributed by atoms with Gasteiger partial charge in [0.2, 0.25) is 0 Å². The lowest BCUT2D eigenvalue weighted by Gasteiger charge is -2.11. The van der Waals surface area contributed by atoms with Gasteiger partial charge in [0, 0.05) is 11.3 Å². The molecule has 1 aromatic heterocycles. The minimum absolute atomic E-state index is 0.162. The Morgan fingerprint density at radius 1 is 1.00 bits per heavy atom. The number of carbonyl (C=O) groups excluding carboxylic acids is 3. The van der Waals surface area contributed by atoms with Crippen LogP contribution in [0.4, 0.5) is 0 Å². The molecule has 0 aliphatic heterocycles. The van der Waals surface area contributed by atoms with Crippen LogP contribution in [-0.2, 0) is 4.74 Å². The Morgan fingerprint density at radius 2 is 1.69 bits per heavy atom. The lowest BCUT2D eigenvalue weighted by molar-refractivity contribution is 0.0524. The molecule has 29 heavy (non-hydrogen) atoms. The molecule has 2 amide bonds. The van der Waals surface area contributed by atoms with Gasteiger partial charge in [-0.3, -0.25) is 20.4 Å². The Labute approximate surface area is 168 Å². The Kier molecular flexibility index (Phi) is 7.24. The number of carbonyl (C=O) groups is 3. The van der Waals surface area contributed by atoms with Crippen LogP contribution < -0.4 is 20.3 Å². The van der Waals surface area contributed by atoms with Crippen molar-refractivity contribution in [2.75, 3.05) is 20.3 Å². The van der Waals surface area contributed by atoms with Gasteiger partial charge in [-0.15, -0.1) is 0 Å². The summed E-state index contributed by atoms with van der Waals surface area (Å²) in [6, 6.07) is 4.68. The van der Waals surface area contributed by atoms with Crippen LogP contribution in [0.25, 0.3) is 0 Å². The van der Waals surface area contributed by atoms with E-state index in [2.05, 4.69) is 15.8 Å². The number of benzene rings is 1. The number of nitrogens with one attached hydrogen (secondary N) is 3. The molecule has 9 heteroatoms. The highest BCUT2D eigenvalue weighted by atomic mass is 16.5. The number of methoxy groups -OCH3 is 1. The first-order valence-corrected chi connectivity index (χ1v) is 9.11. The Hall–Kier alpha value is -3.49. The van der Waals surface area contributed by atoms with Gasteiger partial charge in [0.05, 0.1) is 25.9 Å². The smallest absolute Gasteiger partial charge is 0.340 e. The second-order valence-corrected chi connectivity index (χ2v) is 6.05. The van der Waals surface area contributed by atoms with Crippen molar-refractivity contribution in [3.05, 3.63) is 46.3 Å². The first-order chi connectivity index (χ1) is 13.8. The van der Waals surface area contributed by atoms with E-state index in [9.17, 15) is 14.4 Å². The second kappa shape index (κ2) is 9.63. The minimum Gasteiger partial charge on any atom is -0.493 e. The van der Waals surface area contributed by atoms with Crippen molar-refractivity contribution in [3.8, 4) is 11.5 Å². The molecule has 1 heterocycles. The molecule has 0 fully saturated rings. The molecule has 156 valence electrons. The van der Waals surface area contributed by atoms with Crippen molar-refractivity contribution >= 4 is 17.8 Å². The van der Waals surface area contributed by atoms with E-state index in [1.54, 1.807) is 32.9 Å². The number of aromatic amines is 1. The SMILES string of the molecule is CCOC(=O)c1c(C)[nH]c(C(=O)NNC(=O)c2ccc(OCC)c(OC)c2)c1C. The maximum atomic E-state index is 12.5. The number of hydrogen-bond acceptors (Lipinski definition) is 6. The van der Waals surface area contributed by atoms with E-state index in [0.29, 0.717) is 34.9 Å². The van der Waals surface area contributed by atoms with Gasteiger partial charge in [0.25, 0.3) is 11.8 Å². The molecule has 2 aromatic rings. The van der Waals surface area contributed by atoms with E-state index >= 15 is 0 Å². The van der Waals surface area contributed by atoms with Gasteiger partial charge in [-0.1, -0.05) is 0 Å². The number of H-pyrrole nitrogens is 1. The lowest BCUT2D eigenvalue weighted by atomic mass is 10.1. The molecule has 0 spiro atoms. The number of aromatic nitrogens is 1. The van der Waals surface area contributed by atoms with Crippen molar-refractivity contribution < 1.29 is 28.6 Å². The summed E-state index contributed by atoms with van der Waals surface area (Å²) in [7, 11) is 1.47. The van der Waals surface area contributed by atoms with Gasteiger partial charge in [-0.05, 0) is 51.5 Å². The molecule has 0 saturated heterocycles. The number of esters is 1. The average Bonchev–Trinajstić information content (AvgIpc) is 3.00. The largest absolute Gasteiger partial charge is 0.493 e. The van der Waals surface area contributed by atoms with E-state index in [-0.39, 0.29) is 17.9 Å². The molecule has 0 radical (unpaired) electrons. The molecule has 0 atom stereocenters. The highest BCUT2D eigenvalue weighted by Gasteiger charge is 2.23. The summed E-state index contributed by atoms with van der Waals surface area (Å²) in [4.78, 5) is 39.7. The molecule has 9 nitrogen and oxygen atoms in total. The van der Waals surface area contributed by atoms with Crippen LogP contribution in [0.5, 0.6) is 11.5 Å². The topological polar surface area (TPSA) is 119 Å². The van der Waals surface area contributed by atoms with Crippen molar-refractivity contribution in [2.45, 2.75) is 27.7 Å². The Bertz CT molecular complexity index is 919. The van der Waals surface area contributed by atoms with E-state index in [4.69, 9.17) is 14.2 Å². The zero-order chi connectivity index (χ0) is 21.6. The zero-order valence-corrected chi connectivity index (χ0v) is 17.1. The summed E-state index contributed by atoms with van der Waals surface area (Å²) < 4.78 is 15.6. The fourth-order valence-corrected chi connectivity index (χ4v) is 2.82. The summed E-state index contributed by atoms with van der Waals surface area (Å²) in [5.74, 6) is -0.720. The van der Waals surface area contributed by atoms with Crippen LogP contribution in [0.3, 0.4) is 0 Å². The van der Waals surface area contributed by atoms with Crippen LogP contribution in [0, 0.1) is 13.8 Å². The van der Waals surface area contributed by atoms with Crippen LogP contribution in [0.15, 0.2) is 18.2 Å². The quantitative estimate of drug-likeness (QED) is 0.482. The fraction of sp³-hybridized carbons (Fsp3) is 0.350. The first kappa shape index (κ1) is 21.8. The number of ether oxygens (including phenoxy) is 3. The number of amides is 2. The molecule has 1 aromatic carbocycles. The Morgan fingerprint density at radius 3 is 2.31 bits per heavy atom. The van der Waals surface area contributed by atoms with Gasteiger partial charge in [0.1, 0.15) is 5.69 Å². The molecule has 0 saturated carbocycles. The lowest BCUT2D eigenvalue weighted by Crippen LogP contribution is -2.42. The summed E-state index contributed by atoms with van der Waals surface area (Å²) in [5, 5.41) is 0. The van der Waals surface area contributed by atoms with Crippen LogP contribution in [-0.4, -0.2) is 43.1 Å². The summed E-state index contributed by atoms with van der Waals surface area (Å²) >= 11 is 0. The molecule has 2 rings (SSSR count). The molecular formula is C20H25N3O6.